The first-order valence-corrected chi connectivity index (χ1v) is 11.8. The standard InChI is InChI=1S/C25H22N2O7S/c1-10-17(35-9-27-10)5-3-11-2-4-15(28)19-14(11)7-12-6-13-8-16(29)20(24(26)33)23(32)25(13,34)22(31)18(12)21(19)30/h2-5,9,12-13,28,30,32,34H,6-8H2,1H3,(H2,26,33)/b5-3+/t12-,13+,25+/m1/s1. The molecule has 6 N–H and O–H groups in total. The molecule has 0 unspecified atom stereocenters. The third-order valence-corrected chi connectivity index (χ3v) is 8.08. The highest BCUT2D eigenvalue weighted by Crippen LogP contribution is 2.52. The van der Waals surface area contributed by atoms with E-state index in [1.165, 1.54) is 17.4 Å². The average Bonchev–Trinajstić information content (AvgIpc) is 3.20. The molecule has 0 spiro atoms. The Kier molecular flexibility index (Phi) is 5.19. The minimum atomic E-state index is -2.56. The van der Waals surface area contributed by atoms with Gasteiger partial charge in [-0.2, -0.15) is 0 Å². The molecule has 10 heteroatoms. The van der Waals surface area contributed by atoms with Gasteiger partial charge in [-0.3, -0.25) is 14.4 Å². The van der Waals surface area contributed by atoms with Crippen molar-refractivity contribution >= 4 is 46.7 Å². The summed E-state index contributed by atoms with van der Waals surface area (Å²) in [4.78, 5) is 42.8. The van der Waals surface area contributed by atoms with Gasteiger partial charge in [-0.15, -0.1) is 11.3 Å². The van der Waals surface area contributed by atoms with E-state index in [-0.39, 0.29) is 36.1 Å². The summed E-state index contributed by atoms with van der Waals surface area (Å²) in [6.07, 6.45) is 3.73. The van der Waals surface area contributed by atoms with Gasteiger partial charge < -0.3 is 26.2 Å². The SMILES string of the molecule is Cc1ncsc1/C=C/c1ccc(O)c2c1C[C@H]1C[C@H]3CC(=O)C(C(N)=O)=C(O)[C@@]3(O)C(=O)C1=C2O. The van der Waals surface area contributed by atoms with E-state index in [0.717, 1.165) is 16.1 Å². The van der Waals surface area contributed by atoms with Gasteiger partial charge in [0.1, 0.15) is 22.8 Å². The fraction of sp³-hybridized carbons (Fsp3) is 0.280. The zero-order valence-corrected chi connectivity index (χ0v) is 19.4. The number of amides is 1. The first kappa shape index (κ1) is 23.0. The topological polar surface area (TPSA) is 171 Å². The lowest BCUT2D eigenvalue weighted by atomic mass is 9.59. The van der Waals surface area contributed by atoms with Gasteiger partial charge in [0.2, 0.25) is 5.78 Å². The van der Waals surface area contributed by atoms with Crippen molar-refractivity contribution in [3.8, 4) is 5.75 Å². The van der Waals surface area contributed by atoms with Crippen molar-refractivity contribution in [1.82, 2.24) is 4.98 Å². The molecule has 180 valence electrons. The van der Waals surface area contributed by atoms with Crippen molar-refractivity contribution < 1.29 is 34.8 Å². The van der Waals surface area contributed by atoms with Crippen LogP contribution in [0, 0.1) is 18.8 Å². The first-order valence-electron chi connectivity index (χ1n) is 11.0. The fourth-order valence-electron chi connectivity index (χ4n) is 5.44. The van der Waals surface area contributed by atoms with E-state index < -0.39 is 52.0 Å². The second kappa shape index (κ2) is 7.89. The number of carbonyl (C=O) groups is 3. The minimum Gasteiger partial charge on any atom is -0.508 e. The Bertz CT molecular complexity index is 1420. The molecule has 1 fully saturated rings. The molecule has 9 nitrogen and oxygen atoms in total. The monoisotopic (exact) mass is 494 g/mol. The molecule has 1 saturated carbocycles. The number of fused-ring (bicyclic) bond motifs is 3. The predicted molar refractivity (Wildman–Crippen MR) is 127 cm³/mol. The lowest BCUT2D eigenvalue weighted by molar-refractivity contribution is -0.147. The van der Waals surface area contributed by atoms with Gasteiger partial charge in [-0.25, -0.2) is 4.98 Å². The molecular weight excluding hydrogens is 472 g/mol. The number of phenolic OH excluding ortho intramolecular Hbond substituents is 1. The first-order chi connectivity index (χ1) is 16.6. The molecule has 3 atom stereocenters. The minimum absolute atomic E-state index is 0.0697. The number of aryl methyl sites for hydroxylation is 1. The fourth-order valence-corrected chi connectivity index (χ4v) is 6.13. The van der Waals surface area contributed by atoms with Crippen LogP contribution < -0.4 is 5.73 Å². The number of aliphatic hydroxyl groups is 3. The predicted octanol–water partition coefficient (Wildman–Crippen LogP) is 2.36. The third kappa shape index (κ3) is 3.24. The molecule has 0 bridgehead atoms. The van der Waals surface area contributed by atoms with E-state index in [1.54, 1.807) is 11.6 Å². The maximum Gasteiger partial charge on any atom is 0.255 e. The Balaban J connectivity index is 1.65. The van der Waals surface area contributed by atoms with Gasteiger partial charge in [0.25, 0.3) is 5.91 Å². The number of hydrogen-bond acceptors (Lipinski definition) is 9. The van der Waals surface area contributed by atoms with Crippen LogP contribution in [0.25, 0.3) is 17.9 Å². The Morgan fingerprint density at radius 1 is 1.20 bits per heavy atom. The summed E-state index contributed by atoms with van der Waals surface area (Å²) in [6.45, 7) is 1.89. The van der Waals surface area contributed by atoms with Crippen LogP contribution in [-0.4, -0.2) is 48.5 Å². The summed E-state index contributed by atoms with van der Waals surface area (Å²) < 4.78 is 0. The zero-order chi connectivity index (χ0) is 25.2. The van der Waals surface area contributed by atoms with Crippen molar-refractivity contribution in [2.75, 3.05) is 0 Å². The van der Waals surface area contributed by atoms with E-state index in [0.29, 0.717) is 5.56 Å². The van der Waals surface area contributed by atoms with Gasteiger partial charge in [-0.1, -0.05) is 12.1 Å². The second-order valence-electron chi connectivity index (χ2n) is 9.07. The molecule has 3 aliphatic carbocycles. The van der Waals surface area contributed by atoms with E-state index in [1.807, 2.05) is 19.1 Å². The molecule has 1 amide bonds. The summed E-state index contributed by atoms with van der Waals surface area (Å²) in [6, 6.07) is 3.11. The van der Waals surface area contributed by atoms with E-state index in [2.05, 4.69) is 4.98 Å². The lowest BCUT2D eigenvalue weighted by Gasteiger charge is -2.46. The Hall–Kier alpha value is -3.76. The average molecular weight is 495 g/mol. The molecule has 0 saturated heterocycles. The zero-order valence-electron chi connectivity index (χ0n) is 18.6. The summed E-state index contributed by atoms with van der Waals surface area (Å²) in [5.74, 6) is -6.39. The smallest absolute Gasteiger partial charge is 0.255 e. The Morgan fingerprint density at radius 3 is 2.60 bits per heavy atom. The highest BCUT2D eigenvalue weighted by molar-refractivity contribution is 7.10. The lowest BCUT2D eigenvalue weighted by Crippen LogP contribution is -2.58. The van der Waals surface area contributed by atoms with Crippen molar-refractivity contribution in [1.29, 1.82) is 0 Å². The van der Waals surface area contributed by atoms with Gasteiger partial charge in [-0.05, 0) is 49.0 Å². The van der Waals surface area contributed by atoms with Crippen LogP contribution in [0.1, 0.15) is 40.1 Å². The summed E-state index contributed by atoms with van der Waals surface area (Å²) in [7, 11) is 0. The number of ketones is 2. The number of thiazole rings is 1. The van der Waals surface area contributed by atoms with E-state index in [4.69, 9.17) is 5.73 Å². The van der Waals surface area contributed by atoms with Crippen LogP contribution in [0.3, 0.4) is 0 Å². The number of phenols is 1. The largest absolute Gasteiger partial charge is 0.508 e. The number of Topliss-reactive ketones (excluding diaryl/α,β-unsaturated/α-hetero) is 2. The molecule has 2 aromatic rings. The number of carbonyl (C=O) groups excluding carboxylic acids is 3. The number of aromatic hydroxyl groups is 1. The number of nitrogens with two attached hydrogens (primary N) is 1. The molecule has 1 aromatic heterocycles. The molecule has 5 rings (SSSR count). The van der Waals surface area contributed by atoms with Crippen molar-refractivity contribution in [2.24, 2.45) is 17.6 Å². The molecule has 1 heterocycles. The number of nitrogens with zero attached hydrogens (tertiary/aromatic N) is 1. The molecule has 0 aliphatic heterocycles. The van der Waals surface area contributed by atoms with Crippen LogP contribution in [0.15, 0.2) is 34.5 Å². The Labute approximate surface area is 203 Å². The molecule has 1 aromatic carbocycles. The highest BCUT2D eigenvalue weighted by atomic mass is 32.1. The molecule has 3 aliphatic rings. The number of rotatable bonds is 3. The number of hydrogen-bond donors (Lipinski definition) is 5. The molecule has 35 heavy (non-hydrogen) atoms. The number of aliphatic hydroxyl groups excluding tert-OH is 2. The van der Waals surface area contributed by atoms with Crippen molar-refractivity contribution in [3.63, 3.8) is 0 Å². The van der Waals surface area contributed by atoms with E-state index in [9.17, 15) is 34.8 Å². The van der Waals surface area contributed by atoms with Crippen LogP contribution in [-0.2, 0) is 20.8 Å². The summed E-state index contributed by atoms with van der Waals surface area (Å²) in [5, 5.41) is 43.6. The quantitative estimate of drug-likeness (QED) is 0.405. The van der Waals surface area contributed by atoms with Gasteiger partial charge in [0, 0.05) is 22.8 Å². The summed E-state index contributed by atoms with van der Waals surface area (Å²) >= 11 is 1.47. The van der Waals surface area contributed by atoms with Crippen LogP contribution in [0.4, 0.5) is 0 Å². The third-order valence-electron chi connectivity index (χ3n) is 7.18. The highest BCUT2D eigenvalue weighted by Gasteiger charge is 2.60. The van der Waals surface area contributed by atoms with Gasteiger partial charge in [0.05, 0.1) is 16.8 Å². The number of primary amides is 1. The number of benzene rings is 1. The van der Waals surface area contributed by atoms with Gasteiger partial charge in [0.15, 0.2) is 11.4 Å². The van der Waals surface area contributed by atoms with Crippen molar-refractivity contribution in [2.45, 2.75) is 31.8 Å². The van der Waals surface area contributed by atoms with Crippen LogP contribution in [0.2, 0.25) is 0 Å². The van der Waals surface area contributed by atoms with Crippen LogP contribution in [0.5, 0.6) is 5.75 Å². The van der Waals surface area contributed by atoms with E-state index >= 15 is 0 Å². The normalized spacial score (nSPS) is 26.1. The maximum atomic E-state index is 13.5. The number of aromatic nitrogens is 1. The second-order valence-corrected chi connectivity index (χ2v) is 9.96. The maximum absolute atomic E-state index is 13.5. The van der Waals surface area contributed by atoms with Crippen LogP contribution >= 0.6 is 11.3 Å². The van der Waals surface area contributed by atoms with Gasteiger partial charge >= 0.3 is 0 Å². The van der Waals surface area contributed by atoms with Crippen molar-refractivity contribution in [3.05, 3.63) is 61.8 Å². The molecular formula is C25H22N2O7S. The summed E-state index contributed by atoms with van der Waals surface area (Å²) in [5.41, 5.74) is 5.69. The Morgan fingerprint density at radius 2 is 1.94 bits per heavy atom. The molecule has 0 radical (unpaired) electrons.